The van der Waals surface area contributed by atoms with Gasteiger partial charge in [-0.1, -0.05) is 0 Å². The van der Waals surface area contributed by atoms with Crippen molar-refractivity contribution in [3.8, 4) is 0 Å². The molecule has 0 heterocycles. The molecule has 17 heavy (non-hydrogen) atoms. The zero-order valence-electron chi connectivity index (χ0n) is 7.85. The molecule has 98 valence electrons. The fraction of sp³-hybridized carbons (Fsp3) is 0.250. The summed E-state index contributed by atoms with van der Waals surface area (Å²) < 4.78 is 78.2. The molecule has 0 spiro atoms. The van der Waals surface area contributed by atoms with Crippen LogP contribution in [0, 0.1) is 3.57 Å². The normalized spacial score (nSPS) is 13.6. The minimum absolute atomic E-state index is 0.230. The first-order chi connectivity index (χ1) is 7.67. The summed E-state index contributed by atoms with van der Waals surface area (Å²) in [6, 6.07) is 6.27. The molecule has 0 bridgehead atoms. The molecule has 9 heteroatoms. The molecule has 0 fully saturated rings. The van der Waals surface area contributed by atoms with Crippen molar-refractivity contribution in [2.75, 3.05) is 0 Å². The SMILES string of the molecule is FC(F)(F)OI(OC(F)(F)F)c1ccccc1. The van der Waals surface area contributed by atoms with Crippen LogP contribution in [0.2, 0.25) is 0 Å². The molecule has 0 saturated carbocycles. The first-order valence-corrected chi connectivity index (χ1v) is 6.79. The van der Waals surface area contributed by atoms with E-state index in [2.05, 4.69) is 6.13 Å². The predicted molar refractivity (Wildman–Crippen MR) is 53.4 cm³/mol. The summed E-state index contributed by atoms with van der Waals surface area (Å²) in [5.41, 5.74) is 0. The van der Waals surface area contributed by atoms with Crippen molar-refractivity contribution in [3.63, 3.8) is 0 Å². The van der Waals surface area contributed by atoms with E-state index >= 15 is 0 Å². The van der Waals surface area contributed by atoms with Crippen molar-refractivity contribution < 1.29 is 32.5 Å². The first-order valence-electron chi connectivity index (χ1n) is 3.95. The fourth-order valence-corrected chi connectivity index (χ4v) is 3.29. The molecule has 0 aliphatic heterocycles. The van der Waals surface area contributed by atoms with Crippen LogP contribution >= 0.6 is 20.6 Å². The van der Waals surface area contributed by atoms with Crippen molar-refractivity contribution in [1.29, 1.82) is 0 Å². The Bertz CT molecular complexity index is 333. The molecule has 1 rings (SSSR count). The van der Waals surface area contributed by atoms with E-state index in [9.17, 15) is 26.3 Å². The quantitative estimate of drug-likeness (QED) is 0.582. The van der Waals surface area contributed by atoms with Gasteiger partial charge >= 0.3 is 99.8 Å². The molecule has 0 amide bonds. The van der Waals surface area contributed by atoms with E-state index in [0.717, 1.165) is 12.1 Å². The Morgan fingerprint density at radius 1 is 0.765 bits per heavy atom. The van der Waals surface area contributed by atoms with Gasteiger partial charge in [0.2, 0.25) is 0 Å². The maximum absolute atomic E-state index is 11.9. The van der Waals surface area contributed by atoms with Crippen LogP contribution < -0.4 is 0 Å². The molecule has 0 saturated heterocycles. The molecule has 0 radical (unpaired) electrons. The third-order valence-electron chi connectivity index (χ3n) is 1.23. The van der Waals surface area contributed by atoms with Gasteiger partial charge in [-0.2, -0.15) is 0 Å². The van der Waals surface area contributed by atoms with Gasteiger partial charge in [0.05, 0.1) is 0 Å². The van der Waals surface area contributed by atoms with E-state index in [1.165, 1.54) is 18.2 Å². The van der Waals surface area contributed by atoms with E-state index < -0.39 is 33.4 Å². The van der Waals surface area contributed by atoms with Gasteiger partial charge in [-0.05, 0) is 0 Å². The summed E-state index contributed by atoms with van der Waals surface area (Å²) in [4.78, 5) is 0. The number of benzene rings is 1. The van der Waals surface area contributed by atoms with Crippen molar-refractivity contribution in [3.05, 3.63) is 33.9 Å². The topological polar surface area (TPSA) is 18.5 Å². The Hall–Kier alpha value is -0.550. The van der Waals surface area contributed by atoms with Crippen LogP contribution in [0.4, 0.5) is 26.3 Å². The summed E-state index contributed by atoms with van der Waals surface area (Å²) in [6.45, 7) is 0. The second kappa shape index (κ2) is 5.40. The minimum atomic E-state index is -5.16. The zero-order chi connectivity index (χ0) is 13.1. The van der Waals surface area contributed by atoms with Gasteiger partial charge in [0.15, 0.2) is 0 Å². The van der Waals surface area contributed by atoms with E-state index in [4.69, 9.17) is 0 Å². The molecule has 1 aromatic carbocycles. The summed E-state index contributed by atoms with van der Waals surface area (Å²) in [7, 11) is 0. The Morgan fingerprint density at radius 2 is 1.18 bits per heavy atom. The third-order valence-corrected chi connectivity index (χ3v) is 4.76. The van der Waals surface area contributed by atoms with Crippen LogP contribution in [0.15, 0.2) is 30.3 Å². The van der Waals surface area contributed by atoms with Crippen molar-refractivity contribution in [2.24, 2.45) is 0 Å². The first kappa shape index (κ1) is 14.5. The molecule has 0 aliphatic rings. The Kier molecular flexibility index (Phi) is 4.61. The molecule has 0 N–H and O–H groups in total. The van der Waals surface area contributed by atoms with Crippen LogP contribution in [0.3, 0.4) is 0 Å². The van der Waals surface area contributed by atoms with E-state index in [-0.39, 0.29) is 3.57 Å². The van der Waals surface area contributed by atoms with Crippen LogP contribution in [-0.2, 0) is 6.13 Å². The molecule has 0 aliphatic carbocycles. The average molecular weight is 374 g/mol. The van der Waals surface area contributed by atoms with Crippen molar-refractivity contribution in [1.82, 2.24) is 0 Å². The molecule has 0 atom stereocenters. The number of alkyl halides is 6. The number of hydrogen-bond donors (Lipinski definition) is 0. The Morgan fingerprint density at radius 3 is 1.53 bits per heavy atom. The molecular formula is C8H5F6IO2. The predicted octanol–water partition coefficient (Wildman–Crippen LogP) is 4.27. The van der Waals surface area contributed by atoms with Gasteiger partial charge in [-0.15, -0.1) is 0 Å². The van der Waals surface area contributed by atoms with Crippen molar-refractivity contribution in [2.45, 2.75) is 12.7 Å². The van der Waals surface area contributed by atoms with Crippen LogP contribution in [0.25, 0.3) is 0 Å². The van der Waals surface area contributed by atoms with E-state index in [1.54, 1.807) is 0 Å². The van der Waals surface area contributed by atoms with Gasteiger partial charge in [0, 0.05) is 0 Å². The maximum atomic E-state index is 11.9. The number of hydrogen-bond acceptors (Lipinski definition) is 2. The van der Waals surface area contributed by atoms with Gasteiger partial charge in [-0.3, -0.25) is 0 Å². The summed E-state index contributed by atoms with van der Waals surface area (Å²) >= 11 is -4.29. The second-order valence-corrected chi connectivity index (χ2v) is 5.93. The molecule has 1 aromatic rings. The number of halogens is 7. The fourth-order valence-electron chi connectivity index (χ4n) is 0.781. The zero-order valence-corrected chi connectivity index (χ0v) is 10.0. The van der Waals surface area contributed by atoms with E-state index in [1.807, 2.05) is 0 Å². The van der Waals surface area contributed by atoms with Crippen LogP contribution in [-0.4, -0.2) is 12.7 Å². The summed E-state index contributed by atoms with van der Waals surface area (Å²) in [6.07, 6.45) is -10.3. The Balaban J connectivity index is 2.87. The van der Waals surface area contributed by atoms with Gasteiger partial charge in [-0.25, -0.2) is 0 Å². The molecule has 0 aromatic heterocycles. The van der Waals surface area contributed by atoms with Gasteiger partial charge in [0.1, 0.15) is 0 Å². The molecular weight excluding hydrogens is 369 g/mol. The number of rotatable bonds is 3. The van der Waals surface area contributed by atoms with Gasteiger partial charge in [0.25, 0.3) is 0 Å². The molecule has 2 nitrogen and oxygen atoms in total. The van der Waals surface area contributed by atoms with Crippen LogP contribution in [0.5, 0.6) is 0 Å². The average Bonchev–Trinajstić information content (AvgIpc) is 2.14. The summed E-state index contributed by atoms with van der Waals surface area (Å²) in [5, 5.41) is 0. The Labute approximate surface area is 100.0 Å². The third kappa shape index (κ3) is 6.07. The molecule has 0 unspecified atom stereocenters. The van der Waals surface area contributed by atoms with E-state index in [0.29, 0.717) is 0 Å². The second-order valence-electron chi connectivity index (χ2n) is 2.56. The summed E-state index contributed by atoms with van der Waals surface area (Å²) in [5.74, 6) is 0. The monoisotopic (exact) mass is 374 g/mol. The van der Waals surface area contributed by atoms with Crippen molar-refractivity contribution >= 4 is 20.6 Å². The van der Waals surface area contributed by atoms with Crippen LogP contribution in [0.1, 0.15) is 0 Å². The van der Waals surface area contributed by atoms with Gasteiger partial charge < -0.3 is 0 Å². The standard InChI is InChI=1S/C8H5F6IO2/c9-7(10,11)16-15(17-8(12,13)14)6-4-2-1-3-5-6/h1-5H.